The zero-order valence-corrected chi connectivity index (χ0v) is 11.7. The van der Waals surface area contributed by atoms with Gasteiger partial charge in [0.1, 0.15) is 0 Å². The van der Waals surface area contributed by atoms with Gasteiger partial charge in [-0.1, -0.05) is 41.5 Å². The normalized spacial score (nSPS) is 10.7. The van der Waals surface area contributed by atoms with Gasteiger partial charge in [-0.25, -0.2) is 0 Å². The Balaban J connectivity index is 2.26. The van der Waals surface area contributed by atoms with Crippen LogP contribution in [0.1, 0.15) is 16.7 Å². The second-order valence-electron chi connectivity index (χ2n) is 5.23. The van der Waals surface area contributed by atoms with Gasteiger partial charge in [-0.15, -0.1) is 0 Å². The van der Waals surface area contributed by atoms with Gasteiger partial charge in [0.25, 0.3) is 0 Å². The fourth-order valence-electron chi connectivity index (χ4n) is 2.59. The molecule has 0 saturated heterocycles. The first-order chi connectivity index (χ1) is 9.69. The van der Waals surface area contributed by atoms with E-state index in [1.165, 1.54) is 11.1 Å². The summed E-state index contributed by atoms with van der Waals surface area (Å²) in [6.07, 6.45) is 0.423. The molecule has 0 saturated carbocycles. The Morgan fingerprint density at radius 1 is 1.00 bits per heavy atom. The monoisotopic (exact) mass is 260 g/mol. The lowest BCUT2D eigenvalue weighted by molar-refractivity contribution is 1.27. The zero-order valence-electron chi connectivity index (χ0n) is 11.7. The van der Waals surface area contributed by atoms with Crippen molar-refractivity contribution in [2.45, 2.75) is 20.3 Å². The fraction of sp³-hybridized carbons (Fsp3) is 0.167. The molecule has 3 rings (SSSR count). The minimum absolute atomic E-state index is 0.423. The van der Waals surface area contributed by atoms with Gasteiger partial charge >= 0.3 is 0 Å². The van der Waals surface area contributed by atoms with Crippen LogP contribution in [0.25, 0.3) is 22.2 Å². The lowest BCUT2D eigenvalue weighted by Gasteiger charge is -2.02. The molecule has 0 atom stereocenters. The molecule has 2 heteroatoms. The Morgan fingerprint density at radius 3 is 2.40 bits per heavy atom. The smallest absolute Gasteiger partial charge is 0.0670 e. The van der Waals surface area contributed by atoms with Crippen LogP contribution in [0.3, 0.4) is 0 Å². The molecule has 1 N–H and O–H groups in total. The van der Waals surface area contributed by atoms with Crippen LogP contribution in [-0.2, 0) is 6.42 Å². The molecule has 0 amide bonds. The summed E-state index contributed by atoms with van der Waals surface area (Å²) in [6.45, 7) is 4.16. The van der Waals surface area contributed by atoms with Gasteiger partial charge in [-0.05, 0) is 37.1 Å². The molecule has 2 aromatic carbocycles. The minimum Gasteiger partial charge on any atom is -0.354 e. The lowest BCUT2D eigenvalue weighted by Crippen LogP contribution is -1.86. The van der Waals surface area contributed by atoms with Gasteiger partial charge in [0.15, 0.2) is 0 Å². The van der Waals surface area contributed by atoms with Crippen molar-refractivity contribution in [2.24, 2.45) is 0 Å². The number of hydrogen-bond acceptors (Lipinski definition) is 1. The number of nitrogens with one attached hydrogen (secondary N) is 1. The number of H-pyrrole nitrogens is 1. The molecule has 0 radical (unpaired) electrons. The maximum absolute atomic E-state index is 9.12. The number of hydrogen-bond donors (Lipinski definition) is 1. The van der Waals surface area contributed by atoms with Gasteiger partial charge in [-0.3, -0.25) is 0 Å². The number of benzene rings is 2. The van der Waals surface area contributed by atoms with E-state index in [0.29, 0.717) is 6.42 Å². The Bertz CT molecular complexity index is 802. The summed E-state index contributed by atoms with van der Waals surface area (Å²) in [7, 11) is 0. The number of aromatic nitrogens is 1. The quantitative estimate of drug-likeness (QED) is 0.723. The lowest BCUT2D eigenvalue weighted by atomic mass is 10.0. The summed E-state index contributed by atoms with van der Waals surface area (Å²) < 4.78 is 0. The molecule has 0 spiro atoms. The van der Waals surface area contributed by atoms with Gasteiger partial charge in [-0.2, -0.15) is 5.26 Å². The van der Waals surface area contributed by atoms with Crippen molar-refractivity contribution in [2.75, 3.05) is 0 Å². The van der Waals surface area contributed by atoms with Crippen molar-refractivity contribution in [1.29, 1.82) is 5.26 Å². The molecule has 0 unspecified atom stereocenters. The van der Waals surface area contributed by atoms with Gasteiger partial charge < -0.3 is 4.98 Å². The Kier molecular flexibility index (Phi) is 3.04. The molecule has 1 heterocycles. The SMILES string of the molecule is Cc1ccc(-c2[nH]c3ccc(C)cc3c2CC#N)cc1. The van der Waals surface area contributed by atoms with Crippen LogP contribution < -0.4 is 0 Å². The number of aryl methyl sites for hydroxylation is 2. The van der Waals surface area contributed by atoms with Crippen molar-refractivity contribution in [3.63, 3.8) is 0 Å². The third kappa shape index (κ3) is 2.08. The highest BCUT2D eigenvalue weighted by Crippen LogP contribution is 2.31. The Hall–Kier alpha value is -2.53. The number of nitrogens with zero attached hydrogens (tertiary/aromatic N) is 1. The highest BCUT2D eigenvalue weighted by molar-refractivity contribution is 5.91. The molecule has 0 bridgehead atoms. The molecule has 2 nitrogen and oxygen atoms in total. The number of aromatic amines is 1. The van der Waals surface area contributed by atoms with Crippen molar-refractivity contribution >= 4 is 10.9 Å². The van der Waals surface area contributed by atoms with E-state index in [0.717, 1.165) is 27.7 Å². The van der Waals surface area contributed by atoms with E-state index in [9.17, 15) is 0 Å². The van der Waals surface area contributed by atoms with Crippen LogP contribution in [0.5, 0.6) is 0 Å². The molecule has 1 aromatic heterocycles. The van der Waals surface area contributed by atoms with Gasteiger partial charge in [0, 0.05) is 10.9 Å². The first-order valence-corrected chi connectivity index (χ1v) is 6.74. The minimum atomic E-state index is 0.423. The van der Waals surface area contributed by atoms with Crippen molar-refractivity contribution in [3.8, 4) is 17.3 Å². The van der Waals surface area contributed by atoms with Crippen LogP contribution in [0.15, 0.2) is 42.5 Å². The average Bonchev–Trinajstić information content (AvgIpc) is 2.79. The van der Waals surface area contributed by atoms with Gasteiger partial charge in [0.2, 0.25) is 0 Å². The summed E-state index contributed by atoms with van der Waals surface area (Å²) in [5.41, 5.74) is 6.84. The van der Waals surface area contributed by atoms with Crippen LogP contribution in [0, 0.1) is 25.2 Å². The average molecular weight is 260 g/mol. The Labute approximate surface area is 118 Å². The highest BCUT2D eigenvalue weighted by Gasteiger charge is 2.12. The largest absolute Gasteiger partial charge is 0.354 e. The first-order valence-electron chi connectivity index (χ1n) is 6.74. The fourth-order valence-corrected chi connectivity index (χ4v) is 2.59. The second kappa shape index (κ2) is 4.86. The molecule has 0 aliphatic rings. The van der Waals surface area contributed by atoms with E-state index in [4.69, 9.17) is 5.26 Å². The Morgan fingerprint density at radius 2 is 1.70 bits per heavy atom. The van der Waals surface area contributed by atoms with Crippen LogP contribution in [-0.4, -0.2) is 4.98 Å². The van der Waals surface area contributed by atoms with E-state index < -0.39 is 0 Å². The number of nitriles is 1. The van der Waals surface area contributed by atoms with Crippen LogP contribution in [0.2, 0.25) is 0 Å². The van der Waals surface area contributed by atoms with Crippen molar-refractivity contribution in [3.05, 3.63) is 59.2 Å². The molecule has 0 fully saturated rings. The van der Waals surface area contributed by atoms with E-state index in [2.05, 4.69) is 67.4 Å². The first kappa shape index (κ1) is 12.5. The predicted molar refractivity (Wildman–Crippen MR) is 82.5 cm³/mol. The molecule has 20 heavy (non-hydrogen) atoms. The summed E-state index contributed by atoms with van der Waals surface area (Å²) in [5.74, 6) is 0. The molecule has 3 aromatic rings. The summed E-state index contributed by atoms with van der Waals surface area (Å²) in [5, 5.41) is 10.3. The standard InChI is InChI=1S/C18H16N2/c1-12-3-6-14(7-4-12)18-15(9-10-19)16-11-13(2)5-8-17(16)20-18/h3-8,11,20H,9H2,1-2H3. The van der Waals surface area contributed by atoms with E-state index in [1.807, 2.05) is 0 Å². The van der Waals surface area contributed by atoms with E-state index in [1.54, 1.807) is 0 Å². The van der Waals surface area contributed by atoms with Crippen LogP contribution >= 0.6 is 0 Å². The summed E-state index contributed by atoms with van der Waals surface area (Å²) >= 11 is 0. The summed E-state index contributed by atoms with van der Waals surface area (Å²) in [4.78, 5) is 3.46. The molecular weight excluding hydrogens is 244 g/mol. The third-order valence-electron chi connectivity index (χ3n) is 3.66. The number of fused-ring (bicyclic) bond motifs is 1. The van der Waals surface area contributed by atoms with E-state index >= 15 is 0 Å². The predicted octanol–water partition coefficient (Wildman–Crippen LogP) is 4.52. The molecule has 98 valence electrons. The van der Waals surface area contributed by atoms with Crippen molar-refractivity contribution in [1.82, 2.24) is 4.98 Å². The van der Waals surface area contributed by atoms with Gasteiger partial charge in [0.05, 0.1) is 18.2 Å². The summed E-state index contributed by atoms with van der Waals surface area (Å²) in [6, 6.07) is 17.0. The maximum atomic E-state index is 9.12. The van der Waals surface area contributed by atoms with Crippen LogP contribution in [0.4, 0.5) is 0 Å². The molecule has 0 aliphatic heterocycles. The molecule has 0 aliphatic carbocycles. The number of rotatable bonds is 2. The molecular formula is C18H16N2. The maximum Gasteiger partial charge on any atom is 0.0670 e. The topological polar surface area (TPSA) is 39.6 Å². The zero-order chi connectivity index (χ0) is 14.1. The third-order valence-corrected chi connectivity index (χ3v) is 3.66. The van der Waals surface area contributed by atoms with Crippen molar-refractivity contribution < 1.29 is 0 Å². The van der Waals surface area contributed by atoms with E-state index in [-0.39, 0.29) is 0 Å². The second-order valence-corrected chi connectivity index (χ2v) is 5.23. The highest BCUT2D eigenvalue weighted by atomic mass is 14.7.